The van der Waals surface area contributed by atoms with E-state index in [1.165, 1.54) is 11.3 Å². The van der Waals surface area contributed by atoms with Gasteiger partial charge in [-0.25, -0.2) is 9.97 Å². The Hall–Kier alpha value is -2.48. The average Bonchev–Trinajstić information content (AvgIpc) is 3.17. The zero-order valence-corrected chi connectivity index (χ0v) is 13.7. The van der Waals surface area contributed by atoms with Crippen LogP contribution in [0.5, 0.6) is 0 Å². The largest absolute Gasteiger partial charge is 0.483 e. The van der Waals surface area contributed by atoms with Gasteiger partial charge in [0, 0.05) is 18.9 Å². The van der Waals surface area contributed by atoms with Gasteiger partial charge in [-0.1, -0.05) is 6.92 Å². The second-order valence-electron chi connectivity index (χ2n) is 4.98. The van der Waals surface area contributed by atoms with Gasteiger partial charge in [0.25, 0.3) is 12.0 Å². The standard InChI is InChI=1S/C14H16N4OS.CH2O2/c1-3-11(6-17-5-4-15-8-17)18-9-16-12-10(2)7-20-13(12)14(18)19;2-1-3/h4-5,7-9,11H,3,6H2,1-2H3;1H,(H,2,3). The molecule has 1 unspecified atom stereocenters. The van der Waals surface area contributed by atoms with Gasteiger partial charge in [-0.05, 0) is 24.3 Å². The summed E-state index contributed by atoms with van der Waals surface area (Å²) in [7, 11) is 0. The third-order valence-electron chi connectivity index (χ3n) is 3.53. The first kappa shape index (κ1) is 16.9. The number of carbonyl (C=O) groups is 1. The predicted octanol–water partition coefficient (Wildman–Crippen LogP) is 2.32. The van der Waals surface area contributed by atoms with Crippen molar-refractivity contribution in [2.24, 2.45) is 0 Å². The number of hydrogen-bond acceptors (Lipinski definition) is 5. The van der Waals surface area contributed by atoms with Gasteiger partial charge >= 0.3 is 0 Å². The Morgan fingerprint density at radius 2 is 2.17 bits per heavy atom. The summed E-state index contributed by atoms with van der Waals surface area (Å²) in [6.45, 7) is 4.55. The van der Waals surface area contributed by atoms with Crippen molar-refractivity contribution in [1.29, 1.82) is 0 Å². The zero-order chi connectivity index (χ0) is 16.8. The van der Waals surface area contributed by atoms with E-state index in [2.05, 4.69) is 16.9 Å². The van der Waals surface area contributed by atoms with Crippen molar-refractivity contribution in [1.82, 2.24) is 19.1 Å². The number of fused-ring (bicyclic) bond motifs is 1. The Morgan fingerprint density at radius 1 is 1.43 bits per heavy atom. The third-order valence-corrected chi connectivity index (χ3v) is 4.60. The second kappa shape index (κ2) is 7.68. The zero-order valence-electron chi connectivity index (χ0n) is 12.9. The number of aromatic nitrogens is 4. The minimum absolute atomic E-state index is 0.0556. The van der Waals surface area contributed by atoms with E-state index in [-0.39, 0.29) is 18.1 Å². The quantitative estimate of drug-likeness (QED) is 0.740. The minimum Gasteiger partial charge on any atom is -0.483 e. The lowest BCUT2D eigenvalue weighted by Crippen LogP contribution is -2.27. The molecule has 3 aromatic rings. The summed E-state index contributed by atoms with van der Waals surface area (Å²) in [5.74, 6) is 0. The van der Waals surface area contributed by atoms with E-state index < -0.39 is 0 Å². The van der Waals surface area contributed by atoms with Gasteiger partial charge in [-0.2, -0.15) is 0 Å². The molecule has 1 N–H and O–H groups in total. The molecule has 8 heteroatoms. The summed E-state index contributed by atoms with van der Waals surface area (Å²) in [5.41, 5.74) is 1.95. The van der Waals surface area contributed by atoms with Crippen LogP contribution in [0.2, 0.25) is 0 Å². The van der Waals surface area contributed by atoms with Crippen molar-refractivity contribution in [3.05, 3.63) is 46.3 Å². The maximum absolute atomic E-state index is 12.6. The van der Waals surface area contributed by atoms with Gasteiger partial charge < -0.3 is 9.67 Å². The molecule has 0 aliphatic rings. The van der Waals surface area contributed by atoms with Crippen molar-refractivity contribution in [2.45, 2.75) is 32.9 Å². The van der Waals surface area contributed by atoms with Crippen LogP contribution in [-0.2, 0) is 11.3 Å². The molecule has 7 nitrogen and oxygen atoms in total. The highest BCUT2D eigenvalue weighted by Gasteiger charge is 2.15. The molecule has 23 heavy (non-hydrogen) atoms. The smallest absolute Gasteiger partial charge is 0.290 e. The number of imidazole rings is 1. The molecule has 0 fully saturated rings. The lowest BCUT2D eigenvalue weighted by Gasteiger charge is -2.18. The van der Waals surface area contributed by atoms with E-state index in [4.69, 9.17) is 9.90 Å². The number of nitrogens with zero attached hydrogens (tertiary/aromatic N) is 4. The molecule has 0 radical (unpaired) electrons. The first-order chi connectivity index (χ1) is 11.1. The van der Waals surface area contributed by atoms with Crippen LogP contribution in [0.1, 0.15) is 24.9 Å². The van der Waals surface area contributed by atoms with Crippen molar-refractivity contribution in [3.63, 3.8) is 0 Å². The normalized spacial score (nSPS) is 11.7. The number of aryl methyl sites for hydroxylation is 1. The highest BCUT2D eigenvalue weighted by Crippen LogP contribution is 2.21. The summed E-state index contributed by atoms with van der Waals surface area (Å²) in [5, 5.41) is 8.88. The van der Waals surface area contributed by atoms with E-state index in [9.17, 15) is 4.79 Å². The number of rotatable bonds is 4. The summed E-state index contributed by atoms with van der Waals surface area (Å²) < 4.78 is 4.48. The Labute approximate surface area is 136 Å². The van der Waals surface area contributed by atoms with Crippen molar-refractivity contribution < 1.29 is 9.90 Å². The van der Waals surface area contributed by atoms with Gasteiger partial charge in [0.2, 0.25) is 0 Å². The molecule has 3 rings (SSSR count). The summed E-state index contributed by atoms with van der Waals surface area (Å²) in [6, 6.07) is 0.0935. The fourth-order valence-corrected chi connectivity index (χ4v) is 3.29. The Balaban J connectivity index is 0.000000595. The van der Waals surface area contributed by atoms with E-state index >= 15 is 0 Å². The van der Waals surface area contributed by atoms with Crippen LogP contribution < -0.4 is 5.56 Å². The summed E-state index contributed by atoms with van der Waals surface area (Å²) in [6.07, 6.45) is 7.98. The maximum Gasteiger partial charge on any atom is 0.290 e. The van der Waals surface area contributed by atoms with Crippen LogP contribution in [0.15, 0.2) is 35.2 Å². The van der Waals surface area contributed by atoms with Gasteiger partial charge in [-0.3, -0.25) is 14.2 Å². The Bertz CT molecular complexity index is 823. The van der Waals surface area contributed by atoms with Crippen LogP contribution >= 0.6 is 11.3 Å². The van der Waals surface area contributed by atoms with E-state index in [0.29, 0.717) is 0 Å². The molecular formula is C15H18N4O3S. The molecule has 0 spiro atoms. The fraction of sp³-hybridized carbons (Fsp3) is 0.333. The van der Waals surface area contributed by atoms with E-state index in [1.54, 1.807) is 23.4 Å². The molecule has 0 saturated heterocycles. The van der Waals surface area contributed by atoms with Gasteiger partial charge in [-0.15, -0.1) is 11.3 Å². The molecule has 1 atom stereocenters. The number of hydrogen-bond donors (Lipinski definition) is 1. The van der Waals surface area contributed by atoms with Gasteiger partial charge in [0.05, 0.1) is 24.2 Å². The van der Waals surface area contributed by atoms with Gasteiger partial charge in [0.15, 0.2) is 0 Å². The first-order valence-electron chi connectivity index (χ1n) is 7.10. The Morgan fingerprint density at radius 3 is 2.78 bits per heavy atom. The molecule has 0 aliphatic heterocycles. The van der Waals surface area contributed by atoms with E-state index in [0.717, 1.165) is 28.7 Å². The average molecular weight is 334 g/mol. The highest BCUT2D eigenvalue weighted by atomic mass is 32.1. The van der Waals surface area contributed by atoms with Crippen LogP contribution in [0, 0.1) is 6.92 Å². The Kier molecular flexibility index (Phi) is 5.64. The fourth-order valence-electron chi connectivity index (χ4n) is 2.35. The molecule has 0 amide bonds. The molecule has 0 saturated carbocycles. The molecule has 0 bridgehead atoms. The topological polar surface area (TPSA) is 90.0 Å². The van der Waals surface area contributed by atoms with Gasteiger partial charge in [0.1, 0.15) is 4.70 Å². The maximum atomic E-state index is 12.6. The molecule has 0 aliphatic carbocycles. The minimum atomic E-state index is -0.250. The summed E-state index contributed by atoms with van der Waals surface area (Å²) >= 11 is 1.48. The monoisotopic (exact) mass is 334 g/mol. The van der Waals surface area contributed by atoms with Crippen LogP contribution in [-0.4, -0.2) is 30.7 Å². The van der Waals surface area contributed by atoms with Crippen LogP contribution in [0.25, 0.3) is 10.2 Å². The summed E-state index contributed by atoms with van der Waals surface area (Å²) in [4.78, 5) is 29.4. The molecule has 122 valence electrons. The first-order valence-corrected chi connectivity index (χ1v) is 7.98. The SMILES string of the molecule is CCC(Cn1ccnc1)n1cnc2c(C)csc2c1=O.O=CO. The van der Waals surface area contributed by atoms with Crippen LogP contribution in [0.3, 0.4) is 0 Å². The van der Waals surface area contributed by atoms with Crippen molar-refractivity contribution in [2.75, 3.05) is 0 Å². The van der Waals surface area contributed by atoms with Crippen molar-refractivity contribution >= 4 is 28.0 Å². The third kappa shape index (κ3) is 3.65. The second-order valence-corrected chi connectivity index (χ2v) is 5.86. The lowest BCUT2D eigenvalue weighted by atomic mass is 10.2. The van der Waals surface area contributed by atoms with Crippen molar-refractivity contribution in [3.8, 4) is 0 Å². The molecular weight excluding hydrogens is 316 g/mol. The van der Waals surface area contributed by atoms with Crippen LogP contribution in [0.4, 0.5) is 0 Å². The highest BCUT2D eigenvalue weighted by molar-refractivity contribution is 7.17. The predicted molar refractivity (Wildman–Crippen MR) is 88.9 cm³/mol. The number of thiophene rings is 1. The molecule has 3 heterocycles. The molecule has 0 aromatic carbocycles. The molecule has 3 aromatic heterocycles. The lowest BCUT2D eigenvalue weighted by molar-refractivity contribution is -0.122. The number of carboxylic acid groups (broad SMARTS) is 1. The van der Waals surface area contributed by atoms with E-state index in [1.807, 2.05) is 23.1 Å².